The molecule has 6 heteroatoms. The maximum absolute atomic E-state index is 12.2. The first-order valence-corrected chi connectivity index (χ1v) is 6.87. The van der Waals surface area contributed by atoms with E-state index in [0.717, 1.165) is 11.3 Å². The molecule has 0 saturated heterocycles. The molecule has 1 amide bonds. The Morgan fingerprint density at radius 2 is 2.05 bits per heavy atom. The molecule has 0 spiro atoms. The van der Waals surface area contributed by atoms with Gasteiger partial charge in [0.25, 0.3) is 0 Å². The number of rotatable bonds is 7. The number of carbonyl (C=O) groups is 1. The standard InChI is InChI=1S/C15H23N3O3/c1-4-15(2,13(16)18-20)14(19)17-10-9-11-5-7-12(21-3)8-6-11/h5-8,20H,4,9-10H2,1-3H3,(H2,16,18)(H,17,19). The number of hydrogen-bond acceptors (Lipinski definition) is 4. The van der Waals surface area contributed by atoms with E-state index >= 15 is 0 Å². The molecule has 4 N–H and O–H groups in total. The van der Waals surface area contributed by atoms with Gasteiger partial charge >= 0.3 is 0 Å². The van der Waals surface area contributed by atoms with Crippen molar-refractivity contribution in [3.63, 3.8) is 0 Å². The highest BCUT2D eigenvalue weighted by atomic mass is 16.5. The molecule has 6 nitrogen and oxygen atoms in total. The van der Waals surface area contributed by atoms with Gasteiger partial charge in [-0.3, -0.25) is 4.79 Å². The van der Waals surface area contributed by atoms with Crippen molar-refractivity contribution in [1.29, 1.82) is 0 Å². The van der Waals surface area contributed by atoms with Crippen molar-refractivity contribution >= 4 is 11.7 Å². The third kappa shape index (κ3) is 4.11. The summed E-state index contributed by atoms with van der Waals surface area (Å²) in [7, 11) is 1.62. The van der Waals surface area contributed by atoms with Crippen LogP contribution >= 0.6 is 0 Å². The number of nitrogens with zero attached hydrogens (tertiary/aromatic N) is 1. The van der Waals surface area contributed by atoms with E-state index in [9.17, 15) is 4.79 Å². The second-order valence-corrected chi connectivity index (χ2v) is 5.02. The van der Waals surface area contributed by atoms with Crippen LogP contribution in [0.15, 0.2) is 29.4 Å². The van der Waals surface area contributed by atoms with Crippen molar-refractivity contribution in [2.24, 2.45) is 16.3 Å². The Hall–Kier alpha value is -2.24. The predicted molar refractivity (Wildman–Crippen MR) is 81.5 cm³/mol. The van der Waals surface area contributed by atoms with Crippen LogP contribution in [0.3, 0.4) is 0 Å². The van der Waals surface area contributed by atoms with Crippen molar-refractivity contribution < 1.29 is 14.7 Å². The Morgan fingerprint density at radius 3 is 2.52 bits per heavy atom. The first-order valence-electron chi connectivity index (χ1n) is 6.87. The fraction of sp³-hybridized carbons (Fsp3) is 0.467. The Labute approximate surface area is 125 Å². The fourth-order valence-electron chi connectivity index (χ4n) is 1.88. The molecule has 21 heavy (non-hydrogen) atoms. The van der Waals surface area contributed by atoms with Crippen LogP contribution in [0.4, 0.5) is 0 Å². The Balaban J connectivity index is 2.56. The lowest BCUT2D eigenvalue weighted by molar-refractivity contribution is -0.127. The maximum Gasteiger partial charge on any atom is 0.233 e. The van der Waals surface area contributed by atoms with Gasteiger partial charge in [0.15, 0.2) is 5.84 Å². The van der Waals surface area contributed by atoms with Gasteiger partial charge in [-0.2, -0.15) is 0 Å². The fourth-order valence-corrected chi connectivity index (χ4v) is 1.88. The van der Waals surface area contributed by atoms with Crippen LogP contribution in [0.5, 0.6) is 5.75 Å². The van der Waals surface area contributed by atoms with Crippen LogP contribution in [0, 0.1) is 5.41 Å². The molecule has 0 aliphatic rings. The van der Waals surface area contributed by atoms with Gasteiger partial charge in [0.05, 0.1) is 7.11 Å². The highest BCUT2D eigenvalue weighted by molar-refractivity contribution is 6.06. The van der Waals surface area contributed by atoms with Gasteiger partial charge < -0.3 is 21.0 Å². The van der Waals surface area contributed by atoms with E-state index in [-0.39, 0.29) is 11.7 Å². The average Bonchev–Trinajstić information content (AvgIpc) is 2.53. The third-order valence-corrected chi connectivity index (χ3v) is 3.74. The van der Waals surface area contributed by atoms with Crippen LogP contribution < -0.4 is 15.8 Å². The minimum atomic E-state index is -0.991. The normalized spacial score (nSPS) is 14.3. The smallest absolute Gasteiger partial charge is 0.233 e. The summed E-state index contributed by atoms with van der Waals surface area (Å²) in [5.74, 6) is 0.481. The highest BCUT2D eigenvalue weighted by Gasteiger charge is 2.35. The number of oxime groups is 1. The lowest BCUT2D eigenvalue weighted by Gasteiger charge is -2.25. The SMILES string of the molecule is CCC(C)(C(=O)NCCc1ccc(OC)cc1)/C(N)=N/O. The number of amidine groups is 1. The molecule has 0 bridgehead atoms. The molecular weight excluding hydrogens is 270 g/mol. The van der Waals surface area contributed by atoms with Gasteiger partial charge in [-0.05, 0) is 37.5 Å². The van der Waals surface area contributed by atoms with Crippen molar-refractivity contribution in [3.05, 3.63) is 29.8 Å². The first-order chi connectivity index (χ1) is 9.97. The van der Waals surface area contributed by atoms with Gasteiger partial charge in [0, 0.05) is 6.54 Å². The lowest BCUT2D eigenvalue weighted by atomic mass is 9.85. The second kappa shape index (κ2) is 7.52. The molecule has 1 unspecified atom stereocenters. The molecule has 0 saturated carbocycles. The summed E-state index contributed by atoms with van der Waals surface area (Å²) in [5, 5.41) is 14.6. The second-order valence-electron chi connectivity index (χ2n) is 5.02. The summed E-state index contributed by atoms with van der Waals surface area (Å²) in [6.45, 7) is 3.96. The Bertz CT molecular complexity index is 499. The molecule has 0 aromatic heterocycles. The summed E-state index contributed by atoms with van der Waals surface area (Å²) < 4.78 is 5.09. The van der Waals surface area contributed by atoms with E-state index in [0.29, 0.717) is 19.4 Å². The zero-order valence-electron chi connectivity index (χ0n) is 12.7. The number of methoxy groups -OCH3 is 1. The van der Waals surface area contributed by atoms with Crippen LogP contribution in [0.25, 0.3) is 0 Å². The number of nitrogens with one attached hydrogen (secondary N) is 1. The summed E-state index contributed by atoms with van der Waals surface area (Å²) in [6, 6.07) is 7.66. The first kappa shape index (κ1) is 16.8. The molecule has 0 aliphatic carbocycles. The molecule has 0 radical (unpaired) electrons. The van der Waals surface area contributed by atoms with Crippen LogP contribution in [0.1, 0.15) is 25.8 Å². The molecular formula is C15H23N3O3. The number of amides is 1. The highest BCUT2D eigenvalue weighted by Crippen LogP contribution is 2.21. The molecule has 1 atom stereocenters. The van der Waals surface area contributed by atoms with Gasteiger partial charge in [0.2, 0.25) is 5.91 Å². The predicted octanol–water partition coefficient (Wildman–Crippen LogP) is 1.52. The Kier molecular flexibility index (Phi) is 6.02. The molecule has 1 aromatic rings. The van der Waals surface area contributed by atoms with Crippen molar-refractivity contribution in [2.45, 2.75) is 26.7 Å². The number of nitrogens with two attached hydrogens (primary N) is 1. The molecule has 1 aromatic carbocycles. The number of ether oxygens (including phenoxy) is 1. The van der Waals surface area contributed by atoms with E-state index in [1.807, 2.05) is 31.2 Å². The van der Waals surface area contributed by atoms with Gasteiger partial charge in [0.1, 0.15) is 11.2 Å². The van der Waals surface area contributed by atoms with E-state index in [4.69, 9.17) is 15.7 Å². The van der Waals surface area contributed by atoms with Crippen molar-refractivity contribution in [1.82, 2.24) is 5.32 Å². The number of hydrogen-bond donors (Lipinski definition) is 3. The summed E-state index contributed by atoms with van der Waals surface area (Å²) >= 11 is 0. The monoisotopic (exact) mass is 293 g/mol. The van der Waals surface area contributed by atoms with Gasteiger partial charge in [-0.15, -0.1) is 0 Å². The van der Waals surface area contributed by atoms with E-state index in [1.54, 1.807) is 14.0 Å². The zero-order chi connectivity index (χ0) is 15.9. The maximum atomic E-state index is 12.2. The average molecular weight is 293 g/mol. The zero-order valence-corrected chi connectivity index (χ0v) is 12.7. The molecule has 0 aliphatic heterocycles. The van der Waals surface area contributed by atoms with Crippen LogP contribution in [0.2, 0.25) is 0 Å². The Morgan fingerprint density at radius 1 is 1.43 bits per heavy atom. The summed E-state index contributed by atoms with van der Waals surface area (Å²) in [6.07, 6.45) is 1.16. The largest absolute Gasteiger partial charge is 0.497 e. The van der Waals surface area contributed by atoms with Crippen molar-refractivity contribution in [3.8, 4) is 5.75 Å². The van der Waals surface area contributed by atoms with Crippen LogP contribution in [-0.4, -0.2) is 30.6 Å². The van der Waals surface area contributed by atoms with Gasteiger partial charge in [-0.25, -0.2) is 0 Å². The molecule has 0 fully saturated rings. The summed E-state index contributed by atoms with van der Waals surface area (Å²) in [5.41, 5.74) is 5.71. The topological polar surface area (TPSA) is 96.9 Å². The van der Waals surface area contributed by atoms with Crippen LogP contribution in [-0.2, 0) is 11.2 Å². The third-order valence-electron chi connectivity index (χ3n) is 3.74. The minimum absolute atomic E-state index is 0.0769. The molecule has 0 heterocycles. The molecule has 1 rings (SSSR count). The van der Waals surface area contributed by atoms with Crippen molar-refractivity contribution in [2.75, 3.05) is 13.7 Å². The van der Waals surface area contributed by atoms with E-state index in [1.165, 1.54) is 0 Å². The minimum Gasteiger partial charge on any atom is -0.497 e. The molecule has 116 valence electrons. The van der Waals surface area contributed by atoms with E-state index in [2.05, 4.69) is 10.5 Å². The number of benzene rings is 1. The lowest BCUT2D eigenvalue weighted by Crippen LogP contribution is -2.48. The number of carbonyl (C=O) groups excluding carboxylic acids is 1. The summed E-state index contributed by atoms with van der Waals surface area (Å²) in [4.78, 5) is 12.2. The van der Waals surface area contributed by atoms with Gasteiger partial charge in [-0.1, -0.05) is 24.2 Å². The quantitative estimate of drug-likeness (QED) is 0.307. The van der Waals surface area contributed by atoms with E-state index < -0.39 is 5.41 Å².